The minimum atomic E-state index is -0.564. The number of hydrogen-bond donors (Lipinski definition) is 1. The van der Waals surface area contributed by atoms with Crippen LogP contribution in [-0.4, -0.2) is 29.0 Å². The van der Waals surface area contributed by atoms with Crippen molar-refractivity contribution in [1.29, 1.82) is 0 Å². The van der Waals surface area contributed by atoms with Gasteiger partial charge in [-0.15, -0.1) is 0 Å². The Bertz CT molecular complexity index is 1100. The van der Waals surface area contributed by atoms with Gasteiger partial charge in [-0.1, -0.05) is 37.1 Å². The molecule has 0 aliphatic heterocycles. The Balaban J connectivity index is 1.52. The van der Waals surface area contributed by atoms with Crippen molar-refractivity contribution in [3.8, 4) is 11.3 Å². The zero-order chi connectivity index (χ0) is 22.7. The lowest BCUT2D eigenvalue weighted by molar-refractivity contribution is -0.157. The summed E-state index contributed by atoms with van der Waals surface area (Å²) in [5, 5.41) is 0. The second-order valence-electron chi connectivity index (χ2n) is 10.3. The van der Waals surface area contributed by atoms with Gasteiger partial charge >= 0.3 is 5.97 Å². The zero-order valence-corrected chi connectivity index (χ0v) is 19.1. The molecular formula is C26H31N3O3. The normalized spacial score (nSPS) is 30.7. The highest BCUT2D eigenvalue weighted by atomic mass is 16.5. The van der Waals surface area contributed by atoms with Crippen LogP contribution in [0.3, 0.4) is 0 Å². The summed E-state index contributed by atoms with van der Waals surface area (Å²) < 4.78 is 5.31. The van der Waals surface area contributed by atoms with E-state index in [1.807, 2.05) is 6.92 Å². The molecule has 3 saturated carbocycles. The Hall–Kier alpha value is -2.76. The van der Waals surface area contributed by atoms with E-state index in [1.165, 1.54) is 19.1 Å². The summed E-state index contributed by atoms with van der Waals surface area (Å²) in [4.78, 5) is 33.7. The number of methoxy groups -OCH3 is 1. The summed E-state index contributed by atoms with van der Waals surface area (Å²) >= 11 is 0. The van der Waals surface area contributed by atoms with Crippen molar-refractivity contribution in [2.75, 3.05) is 7.11 Å². The number of aryl methyl sites for hydroxylation is 2. The molecule has 32 heavy (non-hydrogen) atoms. The fourth-order valence-electron chi connectivity index (χ4n) is 7.19. The van der Waals surface area contributed by atoms with E-state index in [1.54, 1.807) is 6.92 Å². The maximum Gasteiger partial charge on any atom is 0.311 e. The first-order valence-corrected chi connectivity index (χ1v) is 11.6. The summed E-state index contributed by atoms with van der Waals surface area (Å²) in [5.74, 6) is 0.723. The van der Waals surface area contributed by atoms with Gasteiger partial charge in [-0.2, -0.15) is 0 Å². The summed E-state index contributed by atoms with van der Waals surface area (Å²) in [6.45, 7) is 3.65. The summed E-state index contributed by atoms with van der Waals surface area (Å²) in [5.41, 5.74) is 9.63. The summed E-state index contributed by atoms with van der Waals surface area (Å²) in [6.07, 6.45) is 7.47. The molecule has 4 unspecified atom stereocenters. The largest absolute Gasteiger partial charge is 0.469 e. The first-order valence-electron chi connectivity index (χ1n) is 11.6. The van der Waals surface area contributed by atoms with Crippen LogP contribution in [0, 0.1) is 31.1 Å². The molecule has 1 amide bonds. The maximum atomic E-state index is 12.9. The minimum Gasteiger partial charge on any atom is -0.469 e. The Labute approximate surface area is 189 Å². The number of ether oxygens (including phenoxy) is 1. The van der Waals surface area contributed by atoms with Gasteiger partial charge in [0.2, 0.25) is 0 Å². The minimum absolute atomic E-state index is 0.0183. The molecule has 3 aliphatic carbocycles. The fourth-order valence-corrected chi connectivity index (χ4v) is 7.19. The number of amides is 1. The number of fused-ring (bicyclic) bond motifs is 2. The van der Waals surface area contributed by atoms with Crippen LogP contribution >= 0.6 is 0 Å². The maximum absolute atomic E-state index is 12.9. The van der Waals surface area contributed by atoms with Crippen molar-refractivity contribution in [2.45, 2.75) is 64.2 Å². The van der Waals surface area contributed by atoms with Gasteiger partial charge in [0, 0.05) is 5.56 Å². The van der Waals surface area contributed by atoms with Crippen LogP contribution < -0.4 is 5.73 Å². The van der Waals surface area contributed by atoms with Crippen molar-refractivity contribution in [2.24, 2.45) is 23.0 Å². The average Bonchev–Trinajstić information content (AvgIpc) is 2.95. The van der Waals surface area contributed by atoms with Crippen molar-refractivity contribution < 1.29 is 14.3 Å². The van der Waals surface area contributed by atoms with Crippen molar-refractivity contribution in [1.82, 2.24) is 9.97 Å². The van der Waals surface area contributed by atoms with Crippen LogP contribution in [0.4, 0.5) is 0 Å². The Morgan fingerprint density at radius 2 is 1.75 bits per heavy atom. The molecule has 3 aliphatic rings. The summed E-state index contributed by atoms with van der Waals surface area (Å²) in [7, 11) is 1.53. The molecule has 1 aromatic carbocycles. The van der Waals surface area contributed by atoms with Gasteiger partial charge in [-0.25, -0.2) is 4.98 Å². The number of nitrogens with zero attached hydrogens (tertiary/aromatic N) is 2. The average molecular weight is 434 g/mol. The first kappa shape index (κ1) is 21.1. The van der Waals surface area contributed by atoms with E-state index in [9.17, 15) is 9.59 Å². The number of carbonyl (C=O) groups excluding carboxylic acids is 2. The number of esters is 1. The van der Waals surface area contributed by atoms with E-state index >= 15 is 0 Å². The second kappa shape index (κ2) is 7.39. The number of benzene rings is 1. The highest BCUT2D eigenvalue weighted by Gasteiger charge is 2.60. The molecule has 2 N–H and O–H groups in total. The predicted molar refractivity (Wildman–Crippen MR) is 121 cm³/mol. The topological polar surface area (TPSA) is 95.2 Å². The summed E-state index contributed by atoms with van der Waals surface area (Å²) in [6, 6.07) is 8.52. The van der Waals surface area contributed by atoms with Gasteiger partial charge < -0.3 is 10.5 Å². The number of nitrogens with two attached hydrogens (primary N) is 1. The molecule has 1 aromatic heterocycles. The zero-order valence-electron chi connectivity index (χ0n) is 19.1. The Morgan fingerprint density at radius 3 is 2.44 bits per heavy atom. The predicted octanol–water partition coefficient (Wildman–Crippen LogP) is 4.26. The van der Waals surface area contributed by atoms with Crippen LogP contribution in [0.5, 0.6) is 0 Å². The molecule has 1 heterocycles. The number of aromatic nitrogens is 2. The Kier molecular flexibility index (Phi) is 4.88. The molecule has 0 spiro atoms. The molecule has 5 rings (SSSR count). The van der Waals surface area contributed by atoms with Gasteiger partial charge in [0.1, 0.15) is 5.69 Å². The SMILES string of the molecule is COC(=O)C12CCCC3CC(c4ccc(-c5nc(C(N)=O)c(C)nc5C)cc4)(CC3C1)C2. The quantitative estimate of drug-likeness (QED) is 0.727. The van der Waals surface area contributed by atoms with E-state index in [-0.39, 0.29) is 22.5 Å². The standard InChI is InChI=1S/C26H31N3O3/c1-15-21(29-22(23(27)30)16(2)28-15)17-6-8-20(9-7-17)26-11-18-5-4-10-25(14-26,24(31)32-3)12-19(18)13-26/h6-9,18-19H,4-5,10-14H2,1-3H3,(H2,27,30). The van der Waals surface area contributed by atoms with Crippen LogP contribution in [0.25, 0.3) is 11.3 Å². The van der Waals surface area contributed by atoms with E-state index in [0.717, 1.165) is 49.8 Å². The third-order valence-corrected chi connectivity index (χ3v) is 8.40. The number of primary amides is 1. The highest BCUT2D eigenvalue weighted by Crippen LogP contribution is 2.65. The highest BCUT2D eigenvalue weighted by molar-refractivity contribution is 5.92. The molecule has 6 heteroatoms. The molecular weight excluding hydrogens is 402 g/mol. The molecule has 0 radical (unpaired) electrons. The van der Waals surface area contributed by atoms with Crippen molar-refractivity contribution >= 4 is 11.9 Å². The van der Waals surface area contributed by atoms with Gasteiger partial charge in [-0.05, 0) is 68.8 Å². The first-order chi connectivity index (χ1) is 15.3. The van der Waals surface area contributed by atoms with Crippen LogP contribution in [-0.2, 0) is 14.9 Å². The van der Waals surface area contributed by atoms with Gasteiger partial charge in [0.05, 0.1) is 29.6 Å². The molecule has 6 nitrogen and oxygen atoms in total. The van der Waals surface area contributed by atoms with Crippen molar-refractivity contribution in [3.05, 3.63) is 46.9 Å². The monoisotopic (exact) mass is 433 g/mol. The smallest absolute Gasteiger partial charge is 0.311 e. The molecule has 3 fully saturated rings. The van der Waals surface area contributed by atoms with Crippen LogP contribution in [0.15, 0.2) is 24.3 Å². The number of hydrogen-bond acceptors (Lipinski definition) is 5. The molecule has 3 bridgehead atoms. The van der Waals surface area contributed by atoms with E-state index in [2.05, 4.69) is 34.2 Å². The number of carbonyl (C=O) groups is 2. The lowest BCUT2D eigenvalue weighted by Gasteiger charge is -2.45. The van der Waals surface area contributed by atoms with Gasteiger partial charge in [0.15, 0.2) is 0 Å². The van der Waals surface area contributed by atoms with E-state index < -0.39 is 5.91 Å². The molecule has 168 valence electrons. The lowest BCUT2D eigenvalue weighted by Crippen LogP contribution is -2.43. The third kappa shape index (κ3) is 3.14. The molecule has 2 aromatic rings. The van der Waals surface area contributed by atoms with E-state index in [4.69, 9.17) is 10.5 Å². The van der Waals surface area contributed by atoms with Gasteiger partial charge in [-0.3, -0.25) is 14.6 Å². The lowest BCUT2D eigenvalue weighted by atomic mass is 9.59. The van der Waals surface area contributed by atoms with Gasteiger partial charge in [0.25, 0.3) is 5.91 Å². The molecule has 4 atom stereocenters. The number of rotatable bonds is 4. The second-order valence-corrected chi connectivity index (χ2v) is 10.3. The fraction of sp³-hybridized carbons (Fsp3) is 0.538. The van der Waals surface area contributed by atoms with Crippen LogP contribution in [0.2, 0.25) is 0 Å². The third-order valence-electron chi connectivity index (χ3n) is 8.40. The van der Waals surface area contributed by atoms with Crippen LogP contribution in [0.1, 0.15) is 72.4 Å². The molecule has 0 saturated heterocycles. The van der Waals surface area contributed by atoms with Crippen molar-refractivity contribution in [3.63, 3.8) is 0 Å². The van der Waals surface area contributed by atoms with E-state index in [0.29, 0.717) is 23.2 Å². The Morgan fingerprint density at radius 1 is 1.03 bits per heavy atom.